The van der Waals surface area contributed by atoms with Crippen LogP contribution in [0.2, 0.25) is 0 Å². The molecule has 0 atom stereocenters. The summed E-state index contributed by atoms with van der Waals surface area (Å²) in [5.74, 6) is 1.90. The number of nitrogens with one attached hydrogen (secondary N) is 2. The molecule has 2 N–H and O–H groups in total. The average Bonchev–Trinajstić information content (AvgIpc) is 2.73. The summed E-state index contributed by atoms with van der Waals surface area (Å²) in [5.41, 5.74) is 1.50. The zero-order valence-electron chi connectivity index (χ0n) is 15.7. The summed E-state index contributed by atoms with van der Waals surface area (Å²) in [7, 11) is 0. The van der Waals surface area contributed by atoms with Gasteiger partial charge < -0.3 is 20.1 Å². The van der Waals surface area contributed by atoms with Gasteiger partial charge in [0.25, 0.3) is 0 Å². The summed E-state index contributed by atoms with van der Waals surface area (Å²) in [6.07, 6.45) is 2.61. The lowest BCUT2D eigenvalue weighted by Gasteiger charge is -2.12. The number of rotatable bonds is 8. The van der Waals surface area contributed by atoms with Crippen molar-refractivity contribution in [2.45, 2.75) is 19.9 Å². The predicted molar refractivity (Wildman–Crippen MR) is 109 cm³/mol. The molecule has 2 aromatic carbocycles. The van der Waals surface area contributed by atoms with Crippen molar-refractivity contribution >= 4 is 11.7 Å². The summed E-state index contributed by atoms with van der Waals surface area (Å²) >= 11 is 0. The smallest absolute Gasteiger partial charge is 0.319 e. The molecule has 0 radical (unpaired) electrons. The van der Waals surface area contributed by atoms with E-state index >= 15 is 0 Å². The first-order chi connectivity index (χ1) is 13.7. The van der Waals surface area contributed by atoms with Crippen molar-refractivity contribution in [1.82, 2.24) is 10.3 Å². The average molecular weight is 377 g/mol. The number of carbonyl (C=O) groups is 1. The fourth-order valence-electron chi connectivity index (χ4n) is 2.46. The third-order valence-corrected chi connectivity index (χ3v) is 3.83. The van der Waals surface area contributed by atoms with E-state index in [1.54, 1.807) is 12.3 Å². The summed E-state index contributed by atoms with van der Waals surface area (Å²) in [4.78, 5) is 16.4. The highest BCUT2D eigenvalue weighted by atomic mass is 16.5. The van der Waals surface area contributed by atoms with Gasteiger partial charge in [-0.1, -0.05) is 31.2 Å². The highest BCUT2D eigenvalue weighted by Gasteiger charge is 2.08. The first kappa shape index (κ1) is 19.2. The number of nitrogens with zero attached hydrogens (tertiary/aromatic N) is 1. The minimum atomic E-state index is -0.293. The van der Waals surface area contributed by atoms with Gasteiger partial charge in [0, 0.05) is 24.0 Å². The van der Waals surface area contributed by atoms with Gasteiger partial charge in [0.05, 0.1) is 6.61 Å². The highest BCUT2D eigenvalue weighted by Crippen LogP contribution is 2.25. The molecule has 0 fully saturated rings. The first-order valence-corrected chi connectivity index (χ1v) is 9.19. The quantitative estimate of drug-likeness (QED) is 0.580. The van der Waals surface area contributed by atoms with Crippen LogP contribution in [-0.2, 0) is 6.54 Å². The van der Waals surface area contributed by atoms with Crippen molar-refractivity contribution in [3.8, 4) is 17.4 Å². The van der Waals surface area contributed by atoms with Crippen molar-refractivity contribution in [3.05, 3.63) is 78.5 Å². The number of carbonyl (C=O) groups excluding carboxylic acids is 1. The molecule has 0 saturated heterocycles. The molecule has 0 saturated carbocycles. The molecular weight excluding hydrogens is 354 g/mol. The minimum absolute atomic E-state index is 0.291. The Labute approximate surface area is 164 Å². The van der Waals surface area contributed by atoms with Gasteiger partial charge in [0.2, 0.25) is 5.88 Å². The highest BCUT2D eigenvalue weighted by molar-refractivity contribution is 5.89. The van der Waals surface area contributed by atoms with E-state index in [1.165, 1.54) is 0 Å². The predicted octanol–water partition coefficient (Wildman–Crippen LogP) is 4.98. The van der Waals surface area contributed by atoms with Gasteiger partial charge in [-0.3, -0.25) is 0 Å². The van der Waals surface area contributed by atoms with Crippen LogP contribution in [0.5, 0.6) is 17.4 Å². The number of anilines is 1. The molecule has 6 nitrogen and oxygen atoms in total. The summed E-state index contributed by atoms with van der Waals surface area (Å²) in [6.45, 7) is 3.04. The molecule has 1 aromatic heterocycles. The summed E-state index contributed by atoms with van der Waals surface area (Å²) in [6, 6.07) is 20.0. The van der Waals surface area contributed by atoms with Crippen LogP contribution in [0.3, 0.4) is 0 Å². The second kappa shape index (κ2) is 9.97. The molecule has 0 aliphatic rings. The van der Waals surface area contributed by atoms with Crippen LogP contribution >= 0.6 is 0 Å². The largest absolute Gasteiger partial charge is 0.494 e. The van der Waals surface area contributed by atoms with Crippen molar-refractivity contribution in [2.24, 2.45) is 0 Å². The van der Waals surface area contributed by atoms with E-state index < -0.39 is 0 Å². The van der Waals surface area contributed by atoms with E-state index in [1.807, 2.05) is 60.7 Å². The van der Waals surface area contributed by atoms with Gasteiger partial charge >= 0.3 is 6.03 Å². The number of urea groups is 1. The number of hydrogen-bond donors (Lipinski definition) is 2. The topological polar surface area (TPSA) is 72.5 Å². The van der Waals surface area contributed by atoms with E-state index in [9.17, 15) is 4.79 Å². The third-order valence-electron chi connectivity index (χ3n) is 3.83. The molecule has 0 aliphatic carbocycles. The Morgan fingerprint density at radius 1 is 0.964 bits per heavy atom. The lowest BCUT2D eigenvalue weighted by Crippen LogP contribution is -2.28. The number of hydrogen-bond acceptors (Lipinski definition) is 4. The Morgan fingerprint density at radius 2 is 1.71 bits per heavy atom. The van der Waals surface area contributed by atoms with Gasteiger partial charge in [0.1, 0.15) is 11.5 Å². The number of para-hydroxylation sites is 1. The molecule has 2 amide bonds. The van der Waals surface area contributed by atoms with Crippen molar-refractivity contribution in [1.29, 1.82) is 0 Å². The van der Waals surface area contributed by atoms with E-state index in [0.29, 0.717) is 24.8 Å². The van der Waals surface area contributed by atoms with Crippen molar-refractivity contribution in [3.63, 3.8) is 0 Å². The number of benzene rings is 2. The van der Waals surface area contributed by atoms with E-state index in [-0.39, 0.29) is 6.03 Å². The molecular formula is C22H23N3O3. The zero-order chi connectivity index (χ0) is 19.6. The first-order valence-electron chi connectivity index (χ1n) is 9.19. The Kier molecular flexibility index (Phi) is 6.84. The van der Waals surface area contributed by atoms with E-state index in [2.05, 4.69) is 22.5 Å². The molecule has 0 bridgehead atoms. The minimum Gasteiger partial charge on any atom is -0.494 e. The zero-order valence-corrected chi connectivity index (χ0v) is 15.7. The second-order valence-corrected chi connectivity index (χ2v) is 6.06. The van der Waals surface area contributed by atoms with E-state index in [0.717, 1.165) is 23.4 Å². The molecule has 6 heteroatoms. The van der Waals surface area contributed by atoms with Crippen LogP contribution in [0.1, 0.15) is 18.9 Å². The van der Waals surface area contributed by atoms with Crippen LogP contribution in [0, 0.1) is 0 Å². The fourth-order valence-corrected chi connectivity index (χ4v) is 2.46. The van der Waals surface area contributed by atoms with Gasteiger partial charge in [0.15, 0.2) is 0 Å². The second-order valence-electron chi connectivity index (χ2n) is 6.06. The van der Waals surface area contributed by atoms with Crippen LogP contribution in [0.15, 0.2) is 72.9 Å². The lowest BCUT2D eigenvalue weighted by atomic mass is 10.2. The third kappa shape index (κ3) is 5.74. The molecule has 0 aliphatic heterocycles. The molecule has 144 valence electrons. The maximum absolute atomic E-state index is 12.1. The Hall–Kier alpha value is -3.54. The van der Waals surface area contributed by atoms with Gasteiger partial charge in [-0.2, -0.15) is 0 Å². The molecule has 3 aromatic rings. The Bertz CT molecular complexity index is 883. The number of amides is 2. The molecule has 0 spiro atoms. The maximum atomic E-state index is 12.1. The Morgan fingerprint density at radius 3 is 2.46 bits per heavy atom. The van der Waals surface area contributed by atoms with Crippen LogP contribution < -0.4 is 20.1 Å². The SMILES string of the molecule is CCCOc1ccc(Oc2ncccc2CNC(=O)Nc2ccccc2)cc1. The van der Waals surface area contributed by atoms with Crippen LogP contribution in [0.4, 0.5) is 10.5 Å². The number of ether oxygens (including phenoxy) is 2. The van der Waals surface area contributed by atoms with Gasteiger partial charge in [-0.25, -0.2) is 9.78 Å². The number of pyridine rings is 1. The lowest BCUT2D eigenvalue weighted by molar-refractivity contribution is 0.251. The summed E-state index contributed by atoms with van der Waals surface area (Å²) in [5, 5.41) is 5.59. The standard InChI is InChI=1S/C22H23N3O3/c1-2-15-27-19-10-12-20(13-11-19)28-21-17(7-6-14-23-21)16-24-22(26)25-18-8-4-3-5-9-18/h3-14H,2,15-16H2,1H3,(H2,24,25,26). The normalized spacial score (nSPS) is 10.2. The Balaban J connectivity index is 1.59. The van der Waals surface area contributed by atoms with E-state index in [4.69, 9.17) is 9.47 Å². The van der Waals surface area contributed by atoms with Crippen LogP contribution in [-0.4, -0.2) is 17.6 Å². The number of aromatic nitrogens is 1. The van der Waals surface area contributed by atoms with Gasteiger partial charge in [-0.05, 0) is 48.9 Å². The molecule has 3 rings (SSSR count). The van der Waals surface area contributed by atoms with Crippen molar-refractivity contribution in [2.75, 3.05) is 11.9 Å². The monoisotopic (exact) mass is 377 g/mol. The fraction of sp³-hybridized carbons (Fsp3) is 0.182. The van der Waals surface area contributed by atoms with Crippen molar-refractivity contribution < 1.29 is 14.3 Å². The van der Waals surface area contributed by atoms with Gasteiger partial charge in [-0.15, -0.1) is 0 Å². The molecule has 1 heterocycles. The maximum Gasteiger partial charge on any atom is 0.319 e. The molecule has 28 heavy (non-hydrogen) atoms. The van der Waals surface area contributed by atoms with Crippen LogP contribution in [0.25, 0.3) is 0 Å². The summed E-state index contributed by atoms with van der Waals surface area (Å²) < 4.78 is 11.5. The molecule has 0 unspecified atom stereocenters.